The SMILES string of the molecule is COc1ccccc1[C@H](C)Nc1cc(=O)n2ccccc2n1. The quantitative estimate of drug-likeness (QED) is 0.804. The van der Waals surface area contributed by atoms with E-state index in [-0.39, 0.29) is 11.6 Å². The van der Waals surface area contributed by atoms with Crippen molar-refractivity contribution in [2.24, 2.45) is 0 Å². The van der Waals surface area contributed by atoms with Crippen molar-refractivity contribution >= 4 is 11.5 Å². The van der Waals surface area contributed by atoms with Gasteiger partial charge in [0, 0.05) is 17.8 Å². The van der Waals surface area contributed by atoms with Crippen LogP contribution >= 0.6 is 0 Å². The van der Waals surface area contributed by atoms with E-state index >= 15 is 0 Å². The van der Waals surface area contributed by atoms with Crippen LogP contribution in [0.2, 0.25) is 0 Å². The monoisotopic (exact) mass is 295 g/mol. The maximum atomic E-state index is 12.1. The Bertz CT molecular complexity index is 858. The largest absolute Gasteiger partial charge is 0.496 e. The molecule has 0 saturated carbocycles. The van der Waals surface area contributed by atoms with E-state index in [0.717, 1.165) is 11.3 Å². The van der Waals surface area contributed by atoms with Crippen LogP contribution in [-0.2, 0) is 0 Å². The summed E-state index contributed by atoms with van der Waals surface area (Å²) in [5, 5.41) is 3.26. The van der Waals surface area contributed by atoms with E-state index < -0.39 is 0 Å². The second-order valence-corrected chi connectivity index (χ2v) is 5.02. The summed E-state index contributed by atoms with van der Waals surface area (Å²) in [6.07, 6.45) is 1.71. The zero-order valence-corrected chi connectivity index (χ0v) is 12.5. The fourth-order valence-electron chi connectivity index (χ4n) is 2.45. The Kier molecular flexibility index (Phi) is 3.78. The fraction of sp³-hybridized carbons (Fsp3) is 0.176. The highest BCUT2D eigenvalue weighted by atomic mass is 16.5. The average Bonchev–Trinajstić information content (AvgIpc) is 2.55. The van der Waals surface area contributed by atoms with Crippen LogP contribution < -0.4 is 15.6 Å². The van der Waals surface area contributed by atoms with E-state index in [1.807, 2.05) is 37.3 Å². The minimum Gasteiger partial charge on any atom is -0.496 e. The van der Waals surface area contributed by atoms with Crippen molar-refractivity contribution in [3.63, 3.8) is 0 Å². The van der Waals surface area contributed by atoms with Gasteiger partial charge in [0.2, 0.25) is 0 Å². The van der Waals surface area contributed by atoms with Crippen LogP contribution in [0.5, 0.6) is 5.75 Å². The van der Waals surface area contributed by atoms with E-state index in [1.165, 1.54) is 10.5 Å². The van der Waals surface area contributed by atoms with Crippen molar-refractivity contribution in [3.8, 4) is 5.75 Å². The molecule has 1 aromatic carbocycles. The Hall–Kier alpha value is -2.82. The lowest BCUT2D eigenvalue weighted by Gasteiger charge is -2.17. The lowest BCUT2D eigenvalue weighted by atomic mass is 10.1. The molecular weight excluding hydrogens is 278 g/mol. The molecule has 5 heteroatoms. The average molecular weight is 295 g/mol. The smallest absolute Gasteiger partial charge is 0.259 e. The highest BCUT2D eigenvalue weighted by Gasteiger charge is 2.12. The zero-order valence-electron chi connectivity index (χ0n) is 12.5. The van der Waals surface area contributed by atoms with Crippen LogP contribution in [0.3, 0.4) is 0 Å². The van der Waals surface area contributed by atoms with Gasteiger partial charge < -0.3 is 10.1 Å². The number of rotatable bonds is 4. The molecule has 22 heavy (non-hydrogen) atoms. The molecule has 1 atom stereocenters. The maximum Gasteiger partial charge on any atom is 0.259 e. The van der Waals surface area contributed by atoms with Gasteiger partial charge in [-0.25, -0.2) is 4.98 Å². The van der Waals surface area contributed by atoms with Gasteiger partial charge in [-0.1, -0.05) is 24.3 Å². The van der Waals surface area contributed by atoms with Crippen LogP contribution in [-0.4, -0.2) is 16.5 Å². The topological polar surface area (TPSA) is 55.6 Å². The van der Waals surface area contributed by atoms with Crippen molar-refractivity contribution in [2.45, 2.75) is 13.0 Å². The van der Waals surface area contributed by atoms with Gasteiger partial charge in [-0.2, -0.15) is 0 Å². The Morgan fingerprint density at radius 1 is 1.18 bits per heavy atom. The van der Waals surface area contributed by atoms with E-state index in [2.05, 4.69) is 10.3 Å². The van der Waals surface area contributed by atoms with Crippen molar-refractivity contribution in [2.75, 3.05) is 12.4 Å². The molecule has 0 aliphatic carbocycles. The van der Waals surface area contributed by atoms with Crippen molar-refractivity contribution in [1.29, 1.82) is 0 Å². The predicted molar refractivity (Wildman–Crippen MR) is 86.5 cm³/mol. The summed E-state index contributed by atoms with van der Waals surface area (Å²) >= 11 is 0. The molecule has 0 fully saturated rings. The Morgan fingerprint density at radius 2 is 1.95 bits per heavy atom. The van der Waals surface area contributed by atoms with Gasteiger partial charge in [-0.05, 0) is 25.1 Å². The second-order valence-electron chi connectivity index (χ2n) is 5.02. The number of anilines is 1. The molecular formula is C17H17N3O2. The number of ether oxygens (including phenoxy) is 1. The van der Waals surface area contributed by atoms with Gasteiger partial charge in [-0.3, -0.25) is 9.20 Å². The van der Waals surface area contributed by atoms with E-state index in [4.69, 9.17) is 4.74 Å². The molecule has 1 N–H and O–H groups in total. The van der Waals surface area contributed by atoms with Crippen LogP contribution in [0.4, 0.5) is 5.82 Å². The number of benzene rings is 1. The lowest BCUT2D eigenvalue weighted by molar-refractivity contribution is 0.408. The maximum absolute atomic E-state index is 12.1. The number of fused-ring (bicyclic) bond motifs is 1. The number of methoxy groups -OCH3 is 1. The van der Waals surface area contributed by atoms with Gasteiger partial charge in [-0.15, -0.1) is 0 Å². The summed E-state index contributed by atoms with van der Waals surface area (Å²) in [4.78, 5) is 16.6. The minimum atomic E-state index is -0.111. The molecule has 0 saturated heterocycles. The number of pyridine rings is 1. The first-order valence-electron chi connectivity index (χ1n) is 7.07. The Labute approximate surface area is 128 Å². The first kappa shape index (κ1) is 14.1. The standard InChI is InChI=1S/C17H17N3O2/c1-12(13-7-3-4-8-14(13)22-2)18-15-11-17(21)20-10-6-5-9-16(20)19-15/h3-12,18H,1-2H3/t12-/m0/s1. The summed E-state index contributed by atoms with van der Waals surface area (Å²) in [5.41, 5.74) is 1.52. The van der Waals surface area contributed by atoms with Crippen LogP contribution in [0.15, 0.2) is 59.5 Å². The number of nitrogens with one attached hydrogen (secondary N) is 1. The summed E-state index contributed by atoms with van der Waals surface area (Å²) in [6.45, 7) is 2.01. The van der Waals surface area contributed by atoms with Crippen molar-refractivity contribution in [3.05, 3.63) is 70.6 Å². The third kappa shape index (κ3) is 2.65. The molecule has 0 amide bonds. The van der Waals surface area contributed by atoms with Crippen molar-refractivity contribution in [1.82, 2.24) is 9.38 Å². The first-order valence-corrected chi connectivity index (χ1v) is 7.07. The number of aromatic nitrogens is 2. The molecule has 0 radical (unpaired) electrons. The molecule has 2 aromatic heterocycles. The highest BCUT2D eigenvalue weighted by molar-refractivity contribution is 5.48. The van der Waals surface area contributed by atoms with Gasteiger partial charge in [0.05, 0.1) is 13.2 Å². The Balaban J connectivity index is 1.94. The number of hydrogen-bond acceptors (Lipinski definition) is 4. The van der Waals surface area contributed by atoms with E-state index in [9.17, 15) is 4.79 Å². The molecule has 112 valence electrons. The highest BCUT2D eigenvalue weighted by Crippen LogP contribution is 2.26. The zero-order chi connectivity index (χ0) is 15.5. The van der Waals surface area contributed by atoms with Gasteiger partial charge >= 0.3 is 0 Å². The number of para-hydroxylation sites is 1. The number of nitrogens with zero attached hydrogens (tertiary/aromatic N) is 2. The third-order valence-corrected chi connectivity index (χ3v) is 3.54. The molecule has 5 nitrogen and oxygen atoms in total. The Morgan fingerprint density at radius 3 is 2.77 bits per heavy atom. The van der Waals surface area contributed by atoms with Crippen LogP contribution in [0, 0.1) is 0 Å². The molecule has 0 unspecified atom stereocenters. The summed E-state index contributed by atoms with van der Waals surface area (Å²) in [6, 6.07) is 14.7. The molecule has 3 aromatic rings. The number of hydrogen-bond donors (Lipinski definition) is 1. The second kappa shape index (κ2) is 5.89. The molecule has 0 aliphatic rings. The third-order valence-electron chi connectivity index (χ3n) is 3.54. The summed E-state index contributed by atoms with van der Waals surface area (Å²) in [5.74, 6) is 1.36. The molecule has 2 heterocycles. The predicted octanol–water partition coefficient (Wildman–Crippen LogP) is 2.88. The van der Waals surface area contributed by atoms with Crippen LogP contribution in [0.25, 0.3) is 5.65 Å². The van der Waals surface area contributed by atoms with Gasteiger partial charge in [0.15, 0.2) is 0 Å². The molecule has 0 bridgehead atoms. The van der Waals surface area contributed by atoms with Crippen molar-refractivity contribution < 1.29 is 4.74 Å². The molecule has 3 rings (SSSR count). The van der Waals surface area contributed by atoms with Crippen LogP contribution in [0.1, 0.15) is 18.5 Å². The molecule has 0 aliphatic heterocycles. The first-order chi connectivity index (χ1) is 10.7. The van der Waals surface area contributed by atoms with Gasteiger partial charge in [0.1, 0.15) is 17.2 Å². The minimum absolute atomic E-state index is 0.0331. The fourth-order valence-corrected chi connectivity index (χ4v) is 2.45. The lowest BCUT2D eigenvalue weighted by Crippen LogP contribution is -2.17. The van der Waals surface area contributed by atoms with E-state index in [0.29, 0.717) is 11.5 Å². The molecule has 0 spiro atoms. The summed E-state index contributed by atoms with van der Waals surface area (Å²) < 4.78 is 6.88. The van der Waals surface area contributed by atoms with Gasteiger partial charge in [0.25, 0.3) is 5.56 Å². The normalized spacial score (nSPS) is 12.1. The summed E-state index contributed by atoms with van der Waals surface area (Å²) in [7, 11) is 1.65. The van der Waals surface area contributed by atoms with E-state index in [1.54, 1.807) is 25.4 Å².